The van der Waals surface area contributed by atoms with Crippen LogP contribution in [-0.2, 0) is 25.5 Å². The van der Waals surface area contributed by atoms with Crippen LogP contribution in [0.3, 0.4) is 0 Å². The summed E-state index contributed by atoms with van der Waals surface area (Å²) >= 11 is 0. The smallest absolute Gasteiger partial charge is 0.310 e. The van der Waals surface area contributed by atoms with Gasteiger partial charge in [0.25, 0.3) is 0 Å². The number of carbonyl (C=O) groups excluding carboxylic acids is 2. The number of cyclic esters (lactones) is 1. The zero-order valence-corrected chi connectivity index (χ0v) is 10.3. The van der Waals surface area contributed by atoms with Gasteiger partial charge >= 0.3 is 11.9 Å². The second-order valence-electron chi connectivity index (χ2n) is 4.42. The molecule has 2 unspecified atom stereocenters. The van der Waals surface area contributed by atoms with E-state index in [0.717, 1.165) is 5.56 Å². The Morgan fingerprint density at radius 3 is 2.78 bits per heavy atom. The zero-order chi connectivity index (χ0) is 13.0. The van der Waals surface area contributed by atoms with Crippen molar-refractivity contribution in [2.75, 3.05) is 0 Å². The molecule has 1 aromatic rings. The number of carbonyl (C=O) groups is 2. The lowest BCUT2D eigenvalue weighted by Gasteiger charge is -2.18. The van der Waals surface area contributed by atoms with Gasteiger partial charge in [0, 0.05) is 6.42 Å². The SMILES string of the molecule is CC(OC(=O)Cc1ccccc1)C1CCC(=O)O1. The molecule has 2 atom stereocenters. The van der Waals surface area contributed by atoms with E-state index in [1.54, 1.807) is 6.92 Å². The summed E-state index contributed by atoms with van der Waals surface area (Å²) in [6.45, 7) is 1.76. The Morgan fingerprint density at radius 1 is 1.44 bits per heavy atom. The minimum absolute atomic E-state index is 0.217. The highest BCUT2D eigenvalue weighted by Crippen LogP contribution is 2.19. The molecule has 0 aromatic heterocycles. The van der Waals surface area contributed by atoms with Crippen molar-refractivity contribution >= 4 is 11.9 Å². The van der Waals surface area contributed by atoms with Crippen molar-refractivity contribution in [1.29, 1.82) is 0 Å². The van der Waals surface area contributed by atoms with E-state index in [0.29, 0.717) is 12.8 Å². The van der Waals surface area contributed by atoms with E-state index < -0.39 is 0 Å². The summed E-state index contributed by atoms with van der Waals surface area (Å²) in [6, 6.07) is 9.41. The van der Waals surface area contributed by atoms with Gasteiger partial charge in [0.1, 0.15) is 12.2 Å². The summed E-state index contributed by atoms with van der Waals surface area (Å²) in [6.07, 6.45) is 0.597. The largest absolute Gasteiger partial charge is 0.458 e. The maximum atomic E-state index is 11.7. The van der Waals surface area contributed by atoms with Crippen molar-refractivity contribution < 1.29 is 19.1 Å². The molecule has 1 aliphatic heterocycles. The van der Waals surface area contributed by atoms with Crippen LogP contribution in [0.1, 0.15) is 25.3 Å². The predicted molar refractivity (Wildman–Crippen MR) is 64.8 cm³/mol. The first-order valence-corrected chi connectivity index (χ1v) is 6.08. The molecule has 1 saturated heterocycles. The van der Waals surface area contributed by atoms with Crippen LogP contribution >= 0.6 is 0 Å². The van der Waals surface area contributed by atoms with Crippen LogP contribution in [0.15, 0.2) is 30.3 Å². The molecule has 1 aromatic carbocycles. The van der Waals surface area contributed by atoms with E-state index in [2.05, 4.69) is 0 Å². The molecule has 0 bridgehead atoms. The molecule has 4 heteroatoms. The molecule has 1 heterocycles. The predicted octanol–water partition coefficient (Wildman–Crippen LogP) is 1.87. The molecule has 0 radical (unpaired) electrons. The fourth-order valence-electron chi connectivity index (χ4n) is 1.96. The van der Waals surface area contributed by atoms with E-state index in [1.807, 2.05) is 30.3 Å². The van der Waals surface area contributed by atoms with Crippen molar-refractivity contribution in [3.05, 3.63) is 35.9 Å². The summed E-state index contributed by atoms with van der Waals surface area (Å²) in [5.74, 6) is -0.511. The summed E-state index contributed by atoms with van der Waals surface area (Å²) < 4.78 is 10.3. The van der Waals surface area contributed by atoms with E-state index in [1.165, 1.54) is 0 Å². The summed E-state index contributed by atoms with van der Waals surface area (Å²) in [7, 11) is 0. The lowest BCUT2D eigenvalue weighted by Crippen LogP contribution is -2.29. The van der Waals surface area contributed by atoms with Gasteiger partial charge in [0.2, 0.25) is 0 Å². The summed E-state index contributed by atoms with van der Waals surface area (Å²) in [5, 5.41) is 0. The summed E-state index contributed by atoms with van der Waals surface area (Å²) in [4.78, 5) is 22.7. The normalized spacial score (nSPS) is 20.3. The quantitative estimate of drug-likeness (QED) is 0.763. The molecule has 4 nitrogen and oxygen atoms in total. The molecule has 2 rings (SSSR count). The second kappa shape index (κ2) is 5.67. The van der Waals surface area contributed by atoms with Crippen molar-refractivity contribution in [2.45, 2.75) is 38.4 Å². The first-order valence-electron chi connectivity index (χ1n) is 6.08. The van der Waals surface area contributed by atoms with Gasteiger partial charge in [-0.1, -0.05) is 30.3 Å². The lowest BCUT2D eigenvalue weighted by molar-refractivity contribution is -0.159. The van der Waals surface area contributed by atoms with Crippen molar-refractivity contribution in [3.8, 4) is 0 Å². The van der Waals surface area contributed by atoms with Gasteiger partial charge in [-0.05, 0) is 18.9 Å². The van der Waals surface area contributed by atoms with Gasteiger partial charge < -0.3 is 9.47 Å². The number of hydrogen-bond donors (Lipinski definition) is 0. The third-order valence-corrected chi connectivity index (χ3v) is 2.95. The highest BCUT2D eigenvalue weighted by atomic mass is 16.6. The number of hydrogen-bond acceptors (Lipinski definition) is 4. The van der Waals surface area contributed by atoms with E-state index in [9.17, 15) is 9.59 Å². The Morgan fingerprint density at radius 2 is 2.17 bits per heavy atom. The third-order valence-electron chi connectivity index (χ3n) is 2.95. The Hall–Kier alpha value is -1.84. The molecular weight excluding hydrogens is 232 g/mol. The highest BCUT2D eigenvalue weighted by molar-refractivity contribution is 5.73. The Bertz CT molecular complexity index is 427. The number of benzene rings is 1. The number of rotatable bonds is 4. The standard InChI is InChI=1S/C14H16O4/c1-10(12-7-8-13(15)18-12)17-14(16)9-11-5-3-2-4-6-11/h2-6,10,12H,7-9H2,1H3. The molecule has 0 saturated carbocycles. The van der Waals surface area contributed by atoms with Crippen LogP contribution < -0.4 is 0 Å². The highest BCUT2D eigenvalue weighted by Gasteiger charge is 2.30. The van der Waals surface area contributed by atoms with Crippen LogP contribution in [0.2, 0.25) is 0 Å². The Labute approximate surface area is 106 Å². The van der Waals surface area contributed by atoms with Gasteiger partial charge in [-0.3, -0.25) is 9.59 Å². The van der Waals surface area contributed by atoms with Gasteiger partial charge in [0.05, 0.1) is 6.42 Å². The molecule has 0 amide bonds. The molecule has 18 heavy (non-hydrogen) atoms. The van der Waals surface area contributed by atoms with Crippen molar-refractivity contribution in [1.82, 2.24) is 0 Å². The van der Waals surface area contributed by atoms with Gasteiger partial charge in [0.15, 0.2) is 0 Å². The average molecular weight is 248 g/mol. The Balaban J connectivity index is 1.82. The lowest BCUT2D eigenvalue weighted by atomic mass is 10.1. The fraction of sp³-hybridized carbons (Fsp3) is 0.429. The van der Waals surface area contributed by atoms with Crippen LogP contribution in [0, 0.1) is 0 Å². The molecule has 1 aliphatic rings. The maximum absolute atomic E-state index is 11.7. The molecule has 0 spiro atoms. The topological polar surface area (TPSA) is 52.6 Å². The maximum Gasteiger partial charge on any atom is 0.310 e. The first kappa shape index (κ1) is 12.6. The van der Waals surface area contributed by atoms with E-state index >= 15 is 0 Å². The fourth-order valence-corrected chi connectivity index (χ4v) is 1.96. The van der Waals surface area contributed by atoms with E-state index in [-0.39, 0.29) is 30.6 Å². The Kier molecular flexibility index (Phi) is 3.97. The van der Waals surface area contributed by atoms with Gasteiger partial charge in [-0.15, -0.1) is 0 Å². The monoisotopic (exact) mass is 248 g/mol. The first-order chi connectivity index (χ1) is 8.65. The van der Waals surface area contributed by atoms with Crippen molar-refractivity contribution in [3.63, 3.8) is 0 Å². The number of esters is 2. The van der Waals surface area contributed by atoms with Crippen molar-refractivity contribution in [2.24, 2.45) is 0 Å². The second-order valence-corrected chi connectivity index (χ2v) is 4.42. The average Bonchev–Trinajstić information content (AvgIpc) is 2.77. The van der Waals surface area contributed by atoms with E-state index in [4.69, 9.17) is 9.47 Å². The zero-order valence-electron chi connectivity index (χ0n) is 10.3. The number of ether oxygens (including phenoxy) is 2. The third kappa shape index (κ3) is 3.32. The molecule has 1 fully saturated rings. The minimum atomic E-state index is -0.382. The van der Waals surface area contributed by atoms with Crippen LogP contribution in [0.25, 0.3) is 0 Å². The van der Waals surface area contributed by atoms with Crippen LogP contribution in [0.5, 0.6) is 0 Å². The van der Waals surface area contributed by atoms with Crippen LogP contribution in [0.4, 0.5) is 0 Å². The van der Waals surface area contributed by atoms with Crippen LogP contribution in [-0.4, -0.2) is 24.1 Å². The molecule has 96 valence electrons. The van der Waals surface area contributed by atoms with Gasteiger partial charge in [-0.2, -0.15) is 0 Å². The molecular formula is C14H16O4. The van der Waals surface area contributed by atoms with Gasteiger partial charge in [-0.25, -0.2) is 0 Å². The summed E-state index contributed by atoms with van der Waals surface area (Å²) in [5.41, 5.74) is 0.915. The molecule has 0 N–H and O–H groups in total. The molecule has 0 aliphatic carbocycles. The minimum Gasteiger partial charge on any atom is -0.458 e.